The molecule has 4 rings (SSSR count). The molecular formula is C30H38ClN5O5. The predicted molar refractivity (Wildman–Crippen MR) is 159 cm³/mol. The number of likely N-dealkylation sites (tertiary alicyclic amines) is 1. The van der Waals surface area contributed by atoms with Crippen LogP contribution in [0, 0.1) is 5.92 Å². The minimum atomic E-state index is -0.373. The van der Waals surface area contributed by atoms with E-state index >= 15 is 0 Å². The van der Waals surface area contributed by atoms with Crippen LogP contribution in [0.4, 0.5) is 5.95 Å². The molecular weight excluding hydrogens is 546 g/mol. The van der Waals surface area contributed by atoms with Gasteiger partial charge in [0.05, 0.1) is 30.8 Å². The molecule has 1 aliphatic rings. The highest BCUT2D eigenvalue weighted by Crippen LogP contribution is 2.39. The second kappa shape index (κ2) is 13.8. The number of methoxy groups -OCH3 is 2. The SMILES string of the molecule is C=CC(=O)N1CCCC[C@@H](n2c(NC(=O)c3ccnc(OC)c3)nc3ccc(O[C@H](CC)C(C)COC)c(Cl)c32)C1. The maximum absolute atomic E-state index is 13.4. The molecule has 1 unspecified atom stereocenters. The first-order chi connectivity index (χ1) is 19.8. The van der Waals surface area contributed by atoms with Crippen molar-refractivity contribution in [3.8, 4) is 11.6 Å². The monoisotopic (exact) mass is 583 g/mol. The molecule has 0 bridgehead atoms. The van der Waals surface area contributed by atoms with Gasteiger partial charge in [-0.2, -0.15) is 0 Å². The van der Waals surface area contributed by atoms with Crippen LogP contribution in [-0.2, 0) is 9.53 Å². The fourth-order valence-corrected chi connectivity index (χ4v) is 5.59. The smallest absolute Gasteiger partial charge is 0.258 e. The quantitative estimate of drug-likeness (QED) is 0.296. The summed E-state index contributed by atoms with van der Waals surface area (Å²) in [7, 11) is 3.17. The van der Waals surface area contributed by atoms with E-state index in [-0.39, 0.29) is 29.9 Å². The van der Waals surface area contributed by atoms with E-state index < -0.39 is 0 Å². The molecule has 0 saturated carbocycles. The molecule has 1 aliphatic heterocycles. The minimum absolute atomic E-state index is 0.110. The highest BCUT2D eigenvalue weighted by atomic mass is 35.5. The van der Waals surface area contributed by atoms with Crippen molar-refractivity contribution in [2.45, 2.75) is 51.7 Å². The van der Waals surface area contributed by atoms with Crippen molar-refractivity contribution in [1.29, 1.82) is 0 Å². The molecule has 2 amide bonds. The van der Waals surface area contributed by atoms with Crippen molar-refractivity contribution >= 4 is 40.4 Å². The van der Waals surface area contributed by atoms with Gasteiger partial charge in [0, 0.05) is 43.9 Å². The average molecular weight is 584 g/mol. The zero-order valence-electron chi connectivity index (χ0n) is 24.1. The Balaban J connectivity index is 1.80. The van der Waals surface area contributed by atoms with E-state index in [2.05, 4.69) is 30.7 Å². The van der Waals surface area contributed by atoms with Gasteiger partial charge in [0.1, 0.15) is 16.9 Å². The molecule has 220 valence electrons. The van der Waals surface area contributed by atoms with Crippen LogP contribution in [-0.4, -0.2) is 71.3 Å². The van der Waals surface area contributed by atoms with Crippen LogP contribution in [0.5, 0.6) is 11.6 Å². The Morgan fingerprint density at radius 1 is 1.27 bits per heavy atom. The average Bonchev–Trinajstić information content (AvgIpc) is 3.17. The molecule has 3 atom stereocenters. The lowest BCUT2D eigenvalue weighted by Gasteiger charge is -2.27. The van der Waals surface area contributed by atoms with Crippen molar-refractivity contribution in [3.05, 3.63) is 53.7 Å². The maximum atomic E-state index is 13.4. The van der Waals surface area contributed by atoms with Gasteiger partial charge in [0.15, 0.2) is 0 Å². The zero-order chi connectivity index (χ0) is 29.5. The fourth-order valence-electron chi connectivity index (χ4n) is 5.29. The molecule has 1 aromatic carbocycles. The van der Waals surface area contributed by atoms with E-state index in [1.54, 1.807) is 24.1 Å². The highest BCUT2D eigenvalue weighted by molar-refractivity contribution is 6.36. The number of carbonyl (C=O) groups is 2. The number of nitrogens with zero attached hydrogens (tertiary/aromatic N) is 4. The molecule has 3 aromatic rings. The van der Waals surface area contributed by atoms with Crippen molar-refractivity contribution in [2.24, 2.45) is 5.92 Å². The van der Waals surface area contributed by atoms with Gasteiger partial charge in [0.25, 0.3) is 5.91 Å². The normalized spacial score (nSPS) is 17.0. The van der Waals surface area contributed by atoms with Crippen molar-refractivity contribution in [1.82, 2.24) is 19.4 Å². The van der Waals surface area contributed by atoms with Crippen LogP contribution in [0.1, 0.15) is 55.9 Å². The van der Waals surface area contributed by atoms with Gasteiger partial charge in [-0.3, -0.25) is 14.9 Å². The summed E-state index contributed by atoms with van der Waals surface area (Å²) in [5, 5.41) is 3.37. The number of halogens is 1. The van der Waals surface area contributed by atoms with Crippen LogP contribution in [0.2, 0.25) is 5.02 Å². The number of carbonyl (C=O) groups excluding carboxylic acids is 2. The molecule has 1 fully saturated rings. The Hall–Kier alpha value is -3.63. The van der Waals surface area contributed by atoms with Gasteiger partial charge in [-0.1, -0.05) is 32.0 Å². The van der Waals surface area contributed by atoms with Gasteiger partial charge in [0.2, 0.25) is 17.7 Å². The number of pyridine rings is 1. The van der Waals surface area contributed by atoms with Crippen molar-refractivity contribution < 1.29 is 23.8 Å². The molecule has 0 aliphatic carbocycles. The van der Waals surface area contributed by atoms with Crippen molar-refractivity contribution in [2.75, 3.05) is 39.2 Å². The molecule has 10 nitrogen and oxygen atoms in total. The molecule has 0 spiro atoms. The first-order valence-electron chi connectivity index (χ1n) is 13.9. The van der Waals surface area contributed by atoms with Crippen LogP contribution < -0.4 is 14.8 Å². The summed E-state index contributed by atoms with van der Waals surface area (Å²) < 4.78 is 18.9. The van der Waals surface area contributed by atoms with E-state index in [1.807, 2.05) is 16.7 Å². The standard InChI is InChI=1S/C30H38ClN5O5/c1-6-23(19(3)18-39-4)41-24-12-11-22-28(27(24)31)36(21-10-8-9-15-35(17-21)26(37)7-2)30(33-22)34-29(38)20-13-14-32-25(16-20)40-5/h7,11-14,16,19,21,23H,2,6,8-10,15,17-18H2,1,3-5H3,(H,33,34,38)/t19?,21-,23-/m1/s1. The van der Waals surface area contributed by atoms with E-state index in [9.17, 15) is 9.59 Å². The number of benzene rings is 1. The van der Waals surface area contributed by atoms with Crippen LogP contribution in [0.15, 0.2) is 43.1 Å². The zero-order valence-corrected chi connectivity index (χ0v) is 24.8. The number of aromatic nitrogens is 3. The lowest BCUT2D eigenvalue weighted by molar-refractivity contribution is -0.126. The highest BCUT2D eigenvalue weighted by Gasteiger charge is 2.29. The Bertz CT molecular complexity index is 1390. The molecule has 41 heavy (non-hydrogen) atoms. The molecule has 0 radical (unpaired) electrons. The molecule has 3 heterocycles. The second-order valence-electron chi connectivity index (χ2n) is 10.2. The predicted octanol–water partition coefficient (Wildman–Crippen LogP) is 5.53. The lowest BCUT2D eigenvalue weighted by Crippen LogP contribution is -2.34. The third kappa shape index (κ3) is 6.82. The minimum Gasteiger partial charge on any atom is -0.488 e. The number of nitrogens with one attached hydrogen (secondary N) is 1. The van der Waals surface area contributed by atoms with Gasteiger partial charge in [-0.25, -0.2) is 9.97 Å². The summed E-state index contributed by atoms with van der Waals surface area (Å²) in [6, 6.07) is 6.62. The summed E-state index contributed by atoms with van der Waals surface area (Å²) in [6.45, 7) is 9.41. The van der Waals surface area contributed by atoms with E-state index in [4.69, 9.17) is 30.8 Å². The number of ether oxygens (including phenoxy) is 3. The van der Waals surface area contributed by atoms with E-state index in [1.165, 1.54) is 19.4 Å². The summed E-state index contributed by atoms with van der Waals surface area (Å²) in [5.74, 6) is 0.823. The lowest BCUT2D eigenvalue weighted by atomic mass is 10.0. The summed E-state index contributed by atoms with van der Waals surface area (Å²) in [5.41, 5.74) is 1.61. The Morgan fingerprint density at radius 3 is 2.78 bits per heavy atom. The van der Waals surface area contributed by atoms with E-state index in [0.717, 1.165) is 25.7 Å². The molecule has 2 aromatic heterocycles. The van der Waals surface area contributed by atoms with Gasteiger partial charge in [-0.15, -0.1) is 0 Å². The van der Waals surface area contributed by atoms with Gasteiger partial charge < -0.3 is 23.7 Å². The second-order valence-corrected chi connectivity index (χ2v) is 10.6. The number of imidazole rings is 1. The largest absolute Gasteiger partial charge is 0.488 e. The number of fused-ring (bicyclic) bond motifs is 1. The third-order valence-electron chi connectivity index (χ3n) is 7.43. The number of amides is 2. The Kier molecular flexibility index (Phi) is 10.2. The number of rotatable bonds is 11. The first kappa shape index (κ1) is 30.3. The van der Waals surface area contributed by atoms with E-state index in [0.29, 0.717) is 58.9 Å². The molecule has 11 heteroatoms. The molecule has 1 saturated heterocycles. The van der Waals surface area contributed by atoms with Crippen LogP contribution >= 0.6 is 11.6 Å². The Morgan fingerprint density at radius 2 is 2.07 bits per heavy atom. The summed E-state index contributed by atoms with van der Waals surface area (Å²) in [6.07, 6.45) is 6.02. The Labute approximate surface area is 245 Å². The first-order valence-corrected chi connectivity index (χ1v) is 14.3. The number of hydrogen-bond donors (Lipinski definition) is 1. The van der Waals surface area contributed by atoms with Crippen molar-refractivity contribution in [3.63, 3.8) is 0 Å². The summed E-state index contributed by atoms with van der Waals surface area (Å²) in [4.78, 5) is 36.6. The summed E-state index contributed by atoms with van der Waals surface area (Å²) >= 11 is 7.07. The van der Waals surface area contributed by atoms with Gasteiger partial charge in [-0.05, 0) is 50.0 Å². The number of anilines is 1. The van der Waals surface area contributed by atoms with Gasteiger partial charge >= 0.3 is 0 Å². The topological polar surface area (TPSA) is 108 Å². The molecule has 1 N–H and O–H groups in total. The van der Waals surface area contributed by atoms with Crippen LogP contribution in [0.25, 0.3) is 11.0 Å². The maximum Gasteiger partial charge on any atom is 0.258 e. The van der Waals surface area contributed by atoms with Crippen LogP contribution in [0.3, 0.4) is 0 Å². The number of hydrogen-bond acceptors (Lipinski definition) is 7. The fraction of sp³-hybridized carbons (Fsp3) is 0.467. The third-order valence-corrected chi connectivity index (χ3v) is 7.79.